The summed E-state index contributed by atoms with van der Waals surface area (Å²) in [6.07, 6.45) is 1.96. The zero-order valence-corrected chi connectivity index (χ0v) is 12.9. The molecule has 2 amide bonds. The monoisotopic (exact) mass is 307 g/mol. The van der Waals surface area contributed by atoms with Gasteiger partial charge in [-0.1, -0.05) is 0 Å². The number of hydrogen-bond acceptors (Lipinski definition) is 5. The third-order valence-electron chi connectivity index (χ3n) is 2.76. The maximum absolute atomic E-state index is 12.0. The second kappa shape index (κ2) is 6.49. The zero-order chi connectivity index (χ0) is 15.4. The fourth-order valence-corrected chi connectivity index (χ4v) is 2.31. The molecular weight excluding hydrogens is 290 g/mol. The van der Waals surface area contributed by atoms with Crippen molar-refractivity contribution >= 4 is 28.3 Å². The van der Waals surface area contributed by atoms with Gasteiger partial charge in [0.1, 0.15) is 0 Å². The van der Waals surface area contributed by atoms with Crippen molar-refractivity contribution in [2.45, 2.75) is 26.3 Å². The van der Waals surface area contributed by atoms with Crippen LogP contribution >= 0.6 is 11.3 Å². The molecule has 0 aliphatic carbocycles. The first-order valence-corrected chi connectivity index (χ1v) is 7.39. The normalized spacial score (nSPS) is 10.7. The summed E-state index contributed by atoms with van der Waals surface area (Å²) in [5.74, 6) is -0.427. The molecule has 112 valence electrons. The van der Waals surface area contributed by atoms with Crippen molar-refractivity contribution in [2.24, 2.45) is 0 Å². The molecule has 2 aromatic heterocycles. The van der Waals surface area contributed by atoms with E-state index in [4.69, 9.17) is 0 Å². The predicted octanol–water partition coefficient (Wildman–Crippen LogP) is 1.46. The van der Waals surface area contributed by atoms with Crippen LogP contribution < -0.4 is 10.6 Å². The van der Waals surface area contributed by atoms with Crippen molar-refractivity contribution in [3.8, 4) is 0 Å². The summed E-state index contributed by atoms with van der Waals surface area (Å²) in [7, 11) is 1.57. The first kappa shape index (κ1) is 15.2. The highest BCUT2D eigenvalue weighted by Crippen LogP contribution is 2.17. The van der Waals surface area contributed by atoms with Gasteiger partial charge in [-0.3, -0.25) is 19.6 Å². The molecule has 2 N–H and O–H groups in total. The maximum atomic E-state index is 12.0. The summed E-state index contributed by atoms with van der Waals surface area (Å²) in [5.41, 5.74) is 0.967. The molecule has 0 fully saturated rings. The Hall–Kier alpha value is -2.22. The van der Waals surface area contributed by atoms with Crippen LogP contribution in [0.25, 0.3) is 0 Å². The van der Waals surface area contributed by atoms with Crippen LogP contribution in [0.1, 0.15) is 36.1 Å². The van der Waals surface area contributed by atoms with Gasteiger partial charge in [0, 0.05) is 24.7 Å². The van der Waals surface area contributed by atoms with Gasteiger partial charge in [0.25, 0.3) is 5.91 Å². The quantitative estimate of drug-likeness (QED) is 0.875. The Morgan fingerprint density at radius 3 is 2.81 bits per heavy atom. The number of thiazole rings is 1. The molecule has 0 unspecified atom stereocenters. The summed E-state index contributed by atoms with van der Waals surface area (Å²) in [4.78, 5) is 27.5. The molecule has 0 aliphatic heterocycles. The summed E-state index contributed by atoms with van der Waals surface area (Å²) in [6.45, 7) is 3.97. The largest absolute Gasteiger partial charge is 0.359 e. The van der Waals surface area contributed by atoms with Gasteiger partial charge >= 0.3 is 0 Å². The Labute approximate surface area is 126 Å². The van der Waals surface area contributed by atoms with E-state index in [-0.39, 0.29) is 24.3 Å². The summed E-state index contributed by atoms with van der Waals surface area (Å²) in [6, 6.07) is 1.86. The van der Waals surface area contributed by atoms with Gasteiger partial charge in [0.2, 0.25) is 5.91 Å². The van der Waals surface area contributed by atoms with Crippen LogP contribution in [0.15, 0.2) is 17.6 Å². The molecule has 0 saturated heterocycles. The number of rotatable bonds is 5. The van der Waals surface area contributed by atoms with Gasteiger partial charge in [-0.2, -0.15) is 5.10 Å². The highest BCUT2D eigenvalue weighted by atomic mass is 32.1. The van der Waals surface area contributed by atoms with E-state index in [1.807, 2.05) is 13.8 Å². The molecule has 0 aliphatic rings. The lowest BCUT2D eigenvalue weighted by Gasteiger charge is -2.03. The van der Waals surface area contributed by atoms with E-state index >= 15 is 0 Å². The summed E-state index contributed by atoms with van der Waals surface area (Å²) >= 11 is 1.28. The number of likely N-dealkylation sites (N-methyl/N-ethyl adjacent to an activating group) is 1. The van der Waals surface area contributed by atoms with Crippen molar-refractivity contribution < 1.29 is 9.59 Å². The smallest absolute Gasteiger partial charge is 0.277 e. The molecule has 2 heterocycles. The van der Waals surface area contributed by atoms with Crippen LogP contribution in [-0.4, -0.2) is 33.6 Å². The molecule has 0 bridgehead atoms. The topological polar surface area (TPSA) is 88.9 Å². The van der Waals surface area contributed by atoms with Gasteiger partial charge < -0.3 is 5.32 Å². The van der Waals surface area contributed by atoms with Crippen LogP contribution in [0.3, 0.4) is 0 Å². The maximum Gasteiger partial charge on any atom is 0.277 e. The van der Waals surface area contributed by atoms with E-state index in [1.165, 1.54) is 11.3 Å². The minimum atomic E-state index is -0.310. The average molecular weight is 307 g/mol. The number of carbonyl (C=O) groups excluding carboxylic acids is 2. The first-order chi connectivity index (χ1) is 9.99. The van der Waals surface area contributed by atoms with Gasteiger partial charge in [-0.15, -0.1) is 11.3 Å². The fraction of sp³-hybridized carbons (Fsp3) is 0.385. The molecular formula is C13H17N5O2S. The van der Waals surface area contributed by atoms with Crippen LogP contribution in [0, 0.1) is 0 Å². The minimum Gasteiger partial charge on any atom is -0.359 e. The Balaban J connectivity index is 2.00. The van der Waals surface area contributed by atoms with Crippen LogP contribution in [0.5, 0.6) is 0 Å². The van der Waals surface area contributed by atoms with E-state index in [0.717, 1.165) is 0 Å². The Morgan fingerprint density at radius 2 is 2.19 bits per heavy atom. The van der Waals surface area contributed by atoms with Crippen LogP contribution in [0.4, 0.5) is 5.13 Å². The van der Waals surface area contributed by atoms with Crippen molar-refractivity contribution in [1.29, 1.82) is 0 Å². The fourth-order valence-electron chi connectivity index (χ4n) is 1.61. The highest BCUT2D eigenvalue weighted by molar-refractivity contribution is 7.14. The molecule has 0 atom stereocenters. The van der Waals surface area contributed by atoms with Gasteiger partial charge in [0.05, 0.1) is 12.1 Å². The summed E-state index contributed by atoms with van der Waals surface area (Å²) < 4.78 is 1.72. The Bertz CT molecular complexity index is 647. The molecule has 0 spiro atoms. The minimum absolute atomic E-state index is 0.117. The molecule has 0 radical (unpaired) electrons. The highest BCUT2D eigenvalue weighted by Gasteiger charge is 2.13. The molecule has 8 heteroatoms. The van der Waals surface area contributed by atoms with Crippen molar-refractivity contribution in [1.82, 2.24) is 20.1 Å². The van der Waals surface area contributed by atoms with Crippen molar-refractivity contribution in [3.63, 3.8) is 0 Å². The Morgan fingerprint density at radius 1 is 1.43 bits per heavy atom. The number of aromatic nitrogens is 3. The van der Waals surface area contributed by atoms with Crippen LogP contribution in [0.2, 0.25) is 0 Å². The van der Waals surface area contributed by atoms with Crippen molar-refractivity contribution in [3.05, 3.63) is 29.0 Å². The molecule has 0 aromatic carbocycles. The number of nitrogens with one attached hydrogen (secondary N) is 2. The lowest BCUT2D eigenvalue weighted by atomic mass is 10.3. The number of amides is 2. The third kappa shape index (κ3) is 3.88. The number of anilines is 1. The average Bonchev–Trinajstić information content (AvgIpc) is 3.07. The van der Waals surface area contributed by atoms with E-state index in [0.29, 0.717) is 16.5 Å². The number of carbonyl (C=O) groups is 2. The Kier molecular flexibility index (Phi) is 4.69. The van der Waals surface area contributed by atoms with E-state index in [9.17, 15) is 9.59 Å². The van der Waals surface area contributed by atoms with Crippen LogP contribution in [-0.2, 0) is 11.2 Å². The van der Waals surface area contributed by atoms with E-state index in [1.54, 1.807) is 29.4 Å². The molecule has 2 aromatic rings. The molecule has 21 heavy (non-hydrogen) atoms. The van der Waals surface area contributed by atoms with Gasteiger partial charge in [-0.05, 0) is 19.9 Å². The SMILES string of the molecule is CNC(=O)Cc1csc(NC(=O)c2ccn(C(C)C)n2)n1. The van der Waals surface area contributed by atoms with Gasteiger partial charge in [-0.25, -0.2) is 4.98 Å². The van der Waals surface area contributed by atoms with E-state index in [2.05, 4.69) is 20.7 Å². The number of nitrogens with zero attached hydrogens (tertiary/aromatic N) is 3. The van der Waals surface area contributed by atoms with Crippen molar-refractivity contribution in [2.75, 3.05) is 12.4 Å². The standard InChI is InChI=1S/C13H17N5O2S/c1-8(2)18-5-4-10(17-18)12(20)16-13-15-9(7-21-13)6-11(19)14-3/h4-5,7-8H,6H2,1-3H3,(H,14,19)(H,15,16,20). The first-order valence-electron chi connectivity index (χ1n) is 6.51. The second-order valence-corrected chi connectivity index (χ2v) is 5.58. The molecule has 7 nitrogen and oxygen atoms in total. The third-order valence-corrected chi connectivity index (χ3v) is 3.57. The number of hydrogen-bond donors (Lipinski definition) is 2. The summed E-state index contributed by atoms with van der Waals surface area (Å²) in [5, 5.41) is 11.6. The lowest BCUT2D eigenvalue weighted by Crippen LogP contribution is -2.20. The zero-order valence-electron chi connectivity index (χ0n) is 12.1. The molecule has 2 rings (SSSR count). The van der Waals surface area contributed by atoms with E-state index < -0.39 is 0 Å². The predicted molar refractivity (Wildman–Crippen MR) is 80.4 cm³/mol. The molecule has 0 saturated carbocycles. The lowest BCUT2D eigenvalue weighted by molar-refractivity contribution is -0.120. The second-order valence-electron chi connectivity index (χ2n) is 4.72. The van der Waals surface area contributed by atoms with Gasteiger partial charge in [0.15, 0.2) is 10.8 Å².